The molecule has 6 aromatic heterocycles. The Hall–Kier alpha value is -5.45. The monoisotopic (exact) mass is 671 g/mol. The maximum atomic E-state index is 14.4. The molecule has 0 radical (unpaired) electrons. The van der Waals surface area contributed by atoms with E-state index in [1.165, 1.54) is 5.56 Å². The number of nitrogens with zero attached hydrogens (tertiary/aromatic N) is 7. The number of fused-ring (bicyclic) bond motifs is 19. The number of furan rings is 1. The predicted molar refractivity (Wildman–Crippen MR) is 181 cm³/mol. The number of aromatic nitrogens is 7. The Morgan fingerprint density at radius 1 is 0.880 bits per heavy atom. The number of halogens is 3. The topological polar surface area (TPSA) is 77.6 Å². The van der Waals surface area contributed by atoms with Gasteiger partial charge < -0.3 is 4.42 Å². The summed E-state index contributed by atoms with van der Waals surface area (Å²) in [7, 11) is 0. The first-order chi connectivity index (χ1) is 24.3. The van der Waals surface area contributed by atoms with Gasteiger partial charge in [0.1, 0.15) is 17.4 Å². The average Bonchev–Trinajstić information content (AvgIpc) is 3.73. The van der Waals surface area contributed by atoms with Crippen molar-refractivity contribution in [2.24, 2.45) is 0 Å². The molecule has 2 unspecified atom stereocenters. The van der Waals surface area contributed by atoms with Gasteiger partial charge in [-0.1, -0.05) is 39.3 Å². The van der Waals surface area contributed by atoms with Crippen molar-refractivity contribution < 1.29 is 26.6 Å². The van der Waals surface area contributed by atoms with Gasteiger partial charge in [0.25, 0.3) is 17.1 Å². The number of rotatable bonds is 5. The fourth-order valence-electron chi connectivity index (χ4n) is 9.26. The zero-order valence-electron chi connectivity index (χ0n) is 27.7. The van der Waals surface area contributed by atoms with Crippen molar-refractivity contribution >= 4 is 49.4 Å². The third-order valence-corrected chi connectivity index (χ3v) is 11.3. The molecule has 248 valence electrons. The third kappa shape index (κ3) is 3.37. The van der Waals surface area contributed by atoms with E-state index in [1.54, 1.807) is 10.9 Å². The molecule has 50 heavy (non-hydrogen) atoms. The number of unbranched alkanes of at least 4 members (excludes halogenated alkanes) is 1. The first-order valence-corrected chi connectivity index (χ1v) is 17.2. The van der Waals surface area contributed by atoms with Gasteiger partial charge in [-0.3, -0.25) is 0 Å². The van der Waals surface area contributed by atoms with Gasteiger partial charge in [-0.05, 0) is 71.6 Å². The van der Waals surface area contributed by atoms with E-state index in [2.05, 4.69) is 63.2 Å². The molecule has 1 aliphatic carbocycles. The summed E-state index contributed by atoms with van der Waals surface area (Å²) in [6, 6.07) is 20.0. The lowest BCUT2D eigenvalue weighted by molar-refractivity contribution is -0.785. The maximum absolute atomic E-state index is 14.4. The fourth-order valence-corrected chi connectivity index (χ4v) is 9.26. The fraction of sp³-hybridized carbons (Fsp3) is 0.282. The van der Waals surface area contributed by atoms with E-state index in [1.807, 2.05) is 49.6 Å². The van der Waals surface area contributed by atoms with Gasteiger partial charge in [0.15, 0.2) is 28.5 Å². The number of alkyl halides is 3. The van der Waals surface area contributed by atoms with Crippen LogP contribution in [0.2, 0.25) is 0 Å². The van der Waals surface area contributed by atoms with Crippen LogP contribution in [0.15, 0.2) is 83.7 Å². The van der Waals surface area contributed by atoms with E-state index < -0.39 is 23.1 Å². The Bertz CT molecular complexity index is 2750. The minimum Gasteiger partial charge on any atom is -0.456 e. The lowest BCUT2D eigenvalue weighted by Crippen LogP contribution is -2.81. The predicted octanol–water partition coefficient (Wildman–Crippen LogP) is 7.96. The second-order valence-corrected chi connectivity index (χ2v) is 13.5. The van der Waals surface area contributed by atoms with Crippen molar-refractivity contribution in [1.29, 1.82) is 0 Å². The van der Waals surface area contributed by atoms with Crippen molar-refractivity contribution in [3.8, 4) is 11.5 Å². The molecule has 8 aromatic rings. The highest BCUT2D eigenvalue weighted by Crippen LogP contribution is 2.62. The Labute approximate surface area is 283 Å². The normalized spacial score (nSPS) is 19.6. The van der Waals surface area contributed by atoms with Gasteiger partial charge in [0.05, 0.1) is 6.20 Å². The molecule has 0 bridgehead atoms. The Balaban J connectivity index is 1.42. The SMILES string of the molecule is CCCCc1ccc2c(c1)oc1cc3c(cc12)c1c([n+]2c3cnc3cccnc32)C2(CC)[n+]3ccccc3-c3nc(C(F)(F)F)nn3C12CC. The van der Waals surface area contributed by atoms with Crippen molar-refractivity contribution in [2.75, 3.05) is 0 Å². The average molecular weight is 672 g/mol. The number of benzene rings is 2. The molecule has 0 amide bonds. The number of pyridine rings is 3. The smallest absolute Gasteiger partial charge is 0.453 e. The third-order valence-electron chi connectivity index (χ3n) is 11.3. The Morgan fingerprint density at radius 2 is 1.74 bits per heavy atom. The van der Waals surface area contributed by atoms with Crippen LogP contribution in [0, 0.1) is 0 Å². The van der Waals surface area contributed by atoms with Crippen LogP contribution in [0.1, 0.15) is 69.1 Å². The van der Waals surface area contributed by atoms with Crippen LogP contribution in [0.5, 0.6) is 0 Å². The van der Waals surface area contributed by atoms with Crippen LogP contribution in [0.4, 0.5) is 13.2 Å². The van der Waals surface area contributed by atoms with Crippen LogP contribution in [-0.4, -0.2) is 24.7 Å². The van der Waals surface area contributed by atoms with Gasteiger partial charge >= 0.3 is 11.8 Å². The summed E-state index contributed by atoms with van der Waals surface area (Å²) in [6.07, 6.45) is 5.09. The molecule has 0 fully saturated rings. The van der Waals surface area contributed by atoms with Gasteiger partial charge in [-0.25, -0.2) is 9.67 Å². The molecule has 8 nitrogen and oxygen atoms in total. The summed E-state index contributed by atoms with van der Waals surface area (Å²) in [6.45, 7) is 6.32. The Morgan fingerprint density at radius 3 is 2.54 bits per heavy atom. The molecule has 0 saturated heterocycles. The molecule has 0 N–H and O–H groups in total. The van der Waals surface area contributed by atoms with Crippen molar-refractivity contribution in [3.05, 3.63) is 102 Å². The maximum Gasteiger partial charge on any atom is 0.453 e. The second-order valence-electron chi connectivity index (χ2n) is 13.5. The van der Waals surface area contributed by atoms with E-state index in [9.17, 15) is 13.2 Å². The molecule has 11 heteroatoms. The van der Waals surface area contributed by atoms with Gasteiger partial charge in [-0.2, -0.15) is 27.1 Å². The molecule has 2 atom stereocenters. The molecule has 2 aliphatic rings. The molecule has 0 saturated carbocycles. The van der Waals surface area contributed by atoms with Crippen molar-refractivity contribution in [2.45, 2.75) is 70.1 Å². The highest BCUT2D eigenvalue weighted by Gasteiger charge is 2.78. The van der Waals surface area contributed by atoms with E-state index in [0.29, 0.717) is 29.7 Å². The summed E-state index contributed by atoms with van der Waals surface area (Å²) >= 11 is 0. The molecule has 0 spiro atoms. The number of hydrogen-bond acceptors (Lipinski definition) is 5. The molecule has 10 rings (SSSR count). The summed E-state index contributed by atoms with van der Waals surface area (Å²) in [5, 5.41) is 8.08. The van der Waals surface area contributed by atoms with Gasteiger partial charge in [0, 0.05) is 40.3 Å². The zero-order valence-corrected chi connectivity index (χ0v) is 27.7. The largest absolute Gasteiger partial charge is 0.456 e. The minimum absolute atomic E-state index is 0.194. The molecule has 1 aliphatic heterocycles. The molecular weight excluding hydrogens is 639 g/mol. The van der Waals surface area contributed by atoms with Crippen molar-refractivity contribution in [3.63, 3.8) is 0 Å². The summed E-state index contributed by atoms with van der Waals surface area (Å²) in [5.41, 5.74) is 5.57. The Kier molecular flexibility index (Phi) is 5.79. The quantitative estimate of drug-likeness (QED) is 0.137. The second kappa shape index (κ2) is 9.83. The van der Waals surface area contributed by atoms with Gasteiger partial charge in [0.2, 0.25) is 5.82 Å². The summed E-state index contributed by atoms with van der Waals surface area (Å²) in [4.78, 5) is 13.9. The molecular formula is C39H32F3N7O+2. The van der Waals surface area contributed by atoms with Gasteiger partial charge in [-0.15, -0.1) is 5.10 Å². The first-order valence-electron chi connectivity index (χ1n) is 17.2. The lowest BCUT2D eigenvalue weighted by Gasteiger charge is -2.55. The molecule has 7 heterocycles. The minimum atomic E-state index is -4.72. The zero-order chi connectivity index (χ0) is 34.2. The van der Waals surface area contributed by atoms with Crippen LogP contribution in [0.3, 0.4) is 0 Å². The number of hydrogen-bond donors (Lipinski definition) is 0. The van der Waals surface area contributed by atoms with E-state index in [4.69, 9.17) is 14.4 Å². The van der Waals surface area contributed by atoms with E-state index in [0.717, 1.165) is 68.7 Å². The van der Waals surface area contributed by atoms with E-state index >= 15 is 0 Å². The summed E-state index contributed by atoms with van der Waals surface area (Å²) in [5.74, 6) is -0.952. The van der Waals surface area contributed by atoms with E-state index in [-0.39, 0.29) is 5.82 Å². The number of aryl methyl sites for hydroxylation is 1. The van der Waals surface area contributed by atoms with Crippen LogP contribution in [0.25, 0.3) is 60.9 Å². The van der Waals surface area contributed by atoms with Crippen LogP contribution < -0.4 is 8.97 Å². The first kappa shape index (κ1) is 29.5. The highest BCUT2D eigenvalue weighted by atomic mass is 19.4. The van der Waals surface area contributed by atoms with Crippen LogP contribution in [-0.2, 0) is 23.7 Å². The standard InChI is InChI=1S/C39H32F3N7O/c1-4-7-11-22-14-15-23-25-19-26-24(20-31(25)50-30(23)18-22)29-21-44-27-12-10-16-43-34(27)48(29)33-32(26)37(5-2)38(33,6-3)47-17-9-8-13-28(47)35-45-36(39(40,41)42)46-49(35)37/h8-10,12-21H,4-7,11H2,1-3H3/q+2. The summed E-state index contributed by atoms with van der Waals surface area (Å²) < 4.78 is 55.7. The van der Waals surface area contributed by atoms with Crippen LogP contribution >= 0.6 is 0 Å². The molecule has 2 aromatic carbocycles. The lowest BCUT2D eigenvalue weighted by atomic mass is 9.53. The van der Waals surface area contributed by atoms with Crippen molar-refractivity contribution in [1.82, 2.24) is 24.7 Å². The highest BCUT2D eigenvalue weighted by molar-refractivity contribution is 6.13.